The summed E-state index contributed by atoms with van der Waals surface area (Å²) in [4.78, 5) is 15.3. The van der Waals surface area contributed by atoms with Crippen LogP contribution < -0.4 is 10.1 Å². The van der Waals surface area contributed by atoms with Gasteiger partial charge in [-0.25, -0.2) is 0 Å². The van der Waals surface area contributed by atoms with E-state index in [2.05, 4.69) is 10.3 Å². The zero-order valence-electron chi connectivity index (χ0n) is 11.0. The minimum absolute atomic E-state index is 0.0925. The Morgan fingerprint density at radius 1 is 1.44 bits per heavy atom. The predicted octanol–water partition coefficient (Wildman–Crippen LogP) is 2.28. The van der Waals surface area contributed by atoms with E-state index in [1.165, 1.54) is 0 Å². The zero-order valence-corrected chi connectivity index (χ0v) is 11.0. The summed E-state index contributed by atoms with van der Waals surface area (Å²) < 4.78 is 5.48. The number of rotatable bonds is 5. The third-order valence-corrected chi connectivity index (χ3v) is 2.88. The Hall–Kier alpha value is -1.81. The van der Waals surface area contributed by atoms with E-state index >= 15 is 0 Å². The number of ketones is 1. The molecule has 0 aliphatic rings. The van der Waals surface area contributed by atoms with E-state index in [1.807, 2.05) is 32.0 Å². The Balaban J connectivity index is 2.53. The molecule has 0 atom stereocenters. The van der Waals surface area contributed by atoms with Crippen molar-refractivity contribution in [3.05, 3.63) is 29.5 Å². The Labute approximate surface area is 106 Å². The number of aromatic amines is 1. The molecule has 4 heteroatoms. The molecule has 0 fully saturated rings. The Morgan fingerprint density at radius 2 is 2.22 bits per heavy atom. The molecule has 0 saturated carbocycles. The molecule has 1 aromatic carbocycles. The van der Waals surface area contributed by atoms with Crippen molar-refractivity contribution in [1.29, 1.82) is 0 Å². The lowest BCUT2D eigenvalue weighted by Gasteiger charge is -2.04. The lowest BCUT2D eigenvalue weighted by Crippen LogP contribution is -2.18. The van der Waals surface area contributed by atoms with Crippen molar-refractivity contribution in [2.75, 3.05) is 20.2 Å². The van der Waals surface area contributed by atoms with E-state index in [1.54, 1.807) is 7.05 Å². The zero-order chi connectivity index (χ0) is 13.1. The van der Waals surface area contributed by atoms with E-state index in [9.17, 15) is 4.79 Å². The number of aryl methyl sites for hydroxylation is 1. The summed E-state index contributed by atoms with van der Waals surface area (Å²) in [5.41, 5.74) is 2.62. The summed E-state index contributed by atoms with van der Waals surface area (Å²) in [7, 11) is 1.77. The monoisotopic (exact) mass is 246 g/mol. The van der Waals surface area contributed by atoms with Gasteiger partial charge in [-0.2, -0.15) is 0 Å². The summed E-state index contributed by atoms with van der Waals surface area (Å²) >= 11 is 0. The van der Waals surface area contributed by atoms with E-state index in [0.717, 1.165) is 27.9 Å². The van der Waals surface area contributed by atoms with Gasteiger partial charge in [0.1, 0.15) is 5.75 Å². The summed E-state index contributed by atoms with van der Waals surface area (Å²) in [6.07, 6.45) is 0. The van der Waals surface area contributed by atoms with Gasteiger partial charge in [0.05, 0.1) is 13.2 Å². The second-order valence-electron chi connectivity index (χ2n) is 4.22. The van der Waals surface area contributed by atoms with Crippen molar-refractivity contribution >= 4 is 16.7 Å². The van der Waals surface area contributed by atoms with Gasteiger partial charge < -0.3 is 15.0 Å². The summed E-state index contributed by atoms with van der Waals surface area (Å²) in [6, 6.07) is 5.78. The summed E-state index contributed by atoms with van der Waals surface area (Å²) in [5.74, 6) is 0.886. The van der Waals surface area contributed by atoms with Crippen LogP contribution in [-0.4, -0.2) is 31.0 Å². The van der Waals surface area contributed by atoms with Crippen LogP contribution in [0.5, 0.6) is 5.75 Å². The van der Waals surface area contributed by atoms with E-state index < -0.39 is 0 Å². The molecule has 0 bridgehead atoms. The average Bonchev–Trinajstić information content (AvgIpc) is 2.65. The van der Waals surface area contributed by atoms with Crippen molar-refractivity contribution in [3.63, 3.8) is 0 Å². The van der Waals surface area contributed by atoms with Gasteiger partial charge in [-0.05, 0) is 39.1 Å². The van der Waals surface area contributed by atoms with Crippen LogP contribution in [0.2, 0.25) is 0 Å². The van der Waals surface area contributed by atoms with Gasteiger partial charge in [0, 0.05) is 22.2 Å². The van der Waals surface area contributed by atoms with Gasteiger partial charge in [-0.15, -0.1) is 0 Å². The van der Waals surface area contributed by atoms with Crippen LogP contribution in [-0.2, 0) is 0 Å². The first kappa shape index (κ1) is 12.6. The van der Waals surface area contributed by atoms with E-state index in [0.29, 0.717) is 13.2 Å². The fourth-order valence-electron chi connectivity index (χ4n) is 2.17. The smallest absolute Gasteiger partial charge is 0.179 e. The number of Topliss-reactive ketones (excluding diaryl/α,β-unsaturated/α-hetero) is 1. The van der Waals surface area contributed by atoms with Crippen LogP contribution in [0.1, 0.15) is 23.0 Å². The minimum atomic E-state index is 0.0925. The van der Waals surface area contributed by atoms with Gasteiger partial charge in [-0.1, -0.05) is 0 Å². The first-order valence-electron chi connectivity index (χ1n) is 6.10. The van der Waals surface area contributed by atoms with Crippen molar-refractivity contribution < 1.29 is 9.53 Å². The minimum Gasteiger partial charge on any atom is -0.494 e. The van der Waals surface area contributed by atoms with Gasteiger partial charge in [0.15, 0.2) is 5.78 Å². The summed E-state index contributed by atoms with van der Waals surface area (Å²) in [6.45, 7) is 4.82. The van der Waals surface area contributed by atoms with Gasteiger partial charge >= 0.3 is 0 Å². The van der Waals surface area contributed by atoms with Crippen molar-refractivity contribution in [3.8, 4) is 5.75 Å². The molecule has 4 nitrogen and oxygen atoms in total. The molecule has 0 aliphatic carbocycles. The maximum atomic E-state index is 12.1. The fourth-order valence-corrected chi connectivity index (χ4v) is 2.17. The largest absolute Gasteiger partial charge is 0.494 e. The maximum Gasteiger partial charge on any atom is 0.179 e. The van der Waals surface area contributed by atoms with Gasteiger partial charge in [-0.3, -0.25) is 4.79 Å². The topological polar surface area (TPSA) is 54.1 Å². The lowest BCUT2D eigenvalue weighted by molar-refractivity contribution is 0.0994. The molecule has 18 heavy (non-hydrogen) atoms. The highest BCUT2D eigenvalue weighted by Crippen LogP contribution is 2.26. The van der Waals surface area contributed by atoms with Crippen LogP contribution >= 0.6 is 0 Å². The normalized spacial score (nSPS) is 10.8. The van der Waals surface area contributed by atoms with Crippen LogP contribution in [0.4, 0.5) is 0 Å². The quantitative estimate of drug-likeness (QED) is 0.796. The first-order chi connectivity index (χ1) is 8.67. The van der Waals surface area contributed by atoms with Crippen LogP contribution in [0.15, 0.2) is 18.2 Å². The van der Waals surface area contributed by atoms with E-state index in [-0.39, 0.29) is 5.78 Å². The third-order valence-electron chi connectivity index (χ3n) is 2.88. The number of hydrogen-bond donors (Lipinski definition) is 2. The van der Waals surface area contributed by atoms with Crippen LogP contribution in [0, 0.1) is 6.92 Å². The van der Waals surface area contributed by atoms with Crippen molar-refractivity contribution in [1.82, 2.24) is 10.3 Å². The number of hydrogen-bond acceptors (Lipinski definition) is 3. The second-order valence-corrected chi connectivity index (χ2v) is 4.22. The maximum absolute atomic E-state index is 12.1. The van der Waals surface area contributed by atoms with Gasteiger partial charge in [0.2, 0.25) is 0 Å². The molecule has 0 aliphatic heterocycles. The standard InChI is InChI=1S/C14H18N2O2/c1-4-18-10-5-6-12-11(7-10)14(9(2)16-12)13(17)8-15-3/h5-7,15-16H,4,8H2,1-3H3. The molecule has 96 valence electrons. The van der Waals surface area contributed by atoms with Crippen LogP contribution in [0.3, 0.4) is 0 Å². The SMILES string of the molecule is CCOc1ccc2[nH]c(C)c(C(=O)CNC)c2c1. The Morgan fingerprint density at radius 3 is 2.89 bits per heavy atom. The van der Waals surface area contributed by atoms with Crippen molar-refractivity contribution in [2.24, 2.45) is 0 Å². The molecule has 1 aromatic heterocycles. The number of nitrogens with one attached hydrogen (secondary N) is 2. The fraction of sp³-hybridized carbons (Fsp3) is 0.357. The predicted molar refractivity (Wildman–Crippen MR) is 72.5 cm³/mol. The molecule has 2 aromatic rings. The Kier molecular flexibility index (Phi) is 3.67. The average molecular weight is 246 g/mol. The number of ether oxygens (including phenoxy) is 1. The molecule has 0 unspecified atom stereocenters. The molecular weight excluding hydrogens is 228 g/mol. The number of carbonyl (C=O) groups excluding carboxylic acids is 1. The number of aromatic nitrogens is 1. The Bertz CT molecular complexity index is 572. The first-order valence-corrected chi connectivity index (χ1v) is 6.10. The van der Waals surface area contributed by atoms with Crippen molar-refractivity contribution in [2.45, 2.75) is 13.8 Å². The van der Waals surface area contributed by atoms with Crippen LogP contribution in [0.25, 0.3) is 10.9 Å². The molecule has 1 heterocycles. The molecule has 0 spiro atoms. The number of fused-ring (bicyclic) bond motifs is 1. The van der Waals surface area contributed by atoms with Gasteiger partial charge in [0.25, 0.3) is 0 Å². The highest BCUT2D eigenvalue weighted by atomic mass is 16.5. The highest BCUT2D eigenvalue weighted by Gasteiger charge is 2.15. The highest BCUT2D eigenvalue weighted by molar-refractivity contribution is 6.10. The second kappa shape index (κ2) is 5.23. The third kappa shape index (κ3) is 2.24. The number of benzene rings is 1. The molecule has 2 rings (SSSR count). The number of carbonyl (C=O) groups is 1. The molecule has 2 N–H and O–H groups in total. The molecule has 0 amide bonds. The summed E-state index contributed by atoms with van der Waals surface area (Å²) in [5, 5.41) is 3.82. The van der Waals surface area contributed by atoms with E-state index in [4.69, 9.17) is 4.74 Å². The number of likely N-dealkylation sites (N-methyl/N-ethyl adjacent to an activating group) is 1. The molecule has 0 saturated heterocycles. The lowest BCUT2D eigenvalue weighted by atomic mass is 10.1. The molecular formula is C14H18N2O2. The number of H-pyrrole nitrogens is 1. The molecule has 0 radical (unpaired) electrons.